The summed E-state index contributed by atoms with van der Waals surface area (Å²) < 4.78 is 10.2. The molecule has 7 aromatic heterocycles. The molecule has 33 nitrogen and oxygen atoms in total. The number of nitrogens with zero attached hydrogens (tertiary/aromatic N) is 11. The first-order chi connectivity index (χ1) is 39.9. The Bertz CT molecular complexity index is 3700. The highest BCUT2D eigenvalue weighted by molar-refractivity contribution is 6.07. The monoisotopic (exact) mass is 1160 g/mol. The van der Waals surface area contributed by atoms with Gasteiger partial charge in [0.25, 0.3) is 41.4 Å². The van der Waals surface area contributed by atoms with Gasteiger partial charge in [0, 0.05) is 144 Å². The molecule has 0 aliphatic heterocycles. The van der Waals surface area contributed by atoms with Crippen molar-refractivity contribution in [3.8, 4) is 0 Å². The molecule has 0 radical (unpaired) electrons. The Kier molecular flexibility index (Phi) is 19.4. The van der Waals surface area contributed by atoms with Crippen molar-refractivity contribution in [3.63, 3.8) is 0 Å². The standard InChI is InChI=1S/C51H61N21O12/c1-66-18-17-52-41(66)48(81)54-14-10-38(74)57-28-20-33(69(4)22-28)47(80)65-36-27-72(7)44(63-36)51(84)59-30-21-31(67(2)24-30)45(78)53-13-8-9-37(73)60-34-25-70(5)42(61-34)49(82)55-15-11-39(75)58-29-19-32(68(3)23-29)46(79)64-35-26-71(6)43(62-35)50(83)56-16-12-40(76)77/h17-27H,8-16H2,1-7H3,(H,53,78)(H,54,81)(H,55,82)(H,56,83)(H,57,74)(H,58,75)(H,59,84)(H,60,73)(H,64,79)(H,65,80)(H,76,77). The van der Waals surface area contributed by atoms with Crippen LogP contribution in [-0.4, -0.2) is 148 Å². The van der Waals surface area contributed by atoms with Gasteiger partial charge in [-0.05, 0) is 24.6 Å². The van der Waals surface area contributed by atoms with Gasteiger partial charge in [0.15, 0.2) is 23.3 Å². The number of carboxylic acid groups (broad SMARTS) is 1. The van der Waals surface area contributed by atoms with E-state index in [0.717, 1.165) is 0 Å². The van der Waals surface area contributed by atoms with Gasteiger partial charge in [-0.3, -0.25) is 52.7 Å². The van der Waals surface area contributed by atoms with Gasteiger partial charge in [0.2, 0.25) is 35.2 Å². The van der Waals surface area contributed by atoms with E-state index in [1.165, 1.54) is 89.8 Å². The molecule has 0 saturated heterocycles. The van der Waals surface area contributed by atoms with Crippen LogP contribution in [0, 0.1) is 0 Å². The number of hydrogen-bond acceptors (Lipinski definition) is 15. The lowest BCUT2D eigenvalue weighted by Crippen LogP contribution is -2.29. The Hall–Kier alpha value is -11.2. The van der Waals surface area contributed by atoms with Crippen LogP contribution in [-0.2, 0) is 68.5 Å². The van der Waals surface area contributed by atoms with E-state index in [0.29, 0.717) is 5.69 Å². The second-order valence-corrected chi connectivity index (χ2v) is 19.0. The zero-order valence-corrected chi connectivity index (χ0v) is 46.6. The highest BCUT2D eigenvalue weighted by Crippen LogP contribution is 2.20. The van der Waals surface area contributed by atoms with Gasteiger partial charge in [-0.15, -0.1) is 0 Å². The number of imidazole rings is 4. The summed E-state index contributed by atoms with van der Waals surface area (Å²) in [5.74, 6) is -6.11. The minimum Gasteiger partial charge on any atom is -0.481 e. The zero-order chi connectivity index (χ0) is 60.9. The van der Waals surface area contributed by atoms with Crippen LogP contribution in [0.3, 0.4) is 0 Å². The second-order valence-electron chi connectivity index (χ2n) is 19.0. The van der Waals surface area contributed by atoms with Crippen molar-refractivity contribution in [1.82, 2.24) is 73.2 Å². The fraction of sp³-hybridized carbons (Fsp3) is 0.314. The quantitative estimate of drug-likeness (QED) is 0.0324. The molecular formula is C51H61N21O12. The summed E-state index contributed by atoms with van der Waals surface area (Å²) >= 11 is 0. The number of carbonyl (C=O) groups excluding carboxylic acids is 10. The summed E-state index contributed by atoms with van der Waals surface area (Å²) in [4.78, 5) is 156. The molecule has 0 bridgehead atoms. The molecule has 33 heteroatoms. The Morgan fingerprint density at radius 2 is 0.762 bits per heavy atom. The number of aromatic nitrogens is 11. The van der Waals surface area contributed by atoms with E-state index >= 15 is 0 Å². The molecule has 0 aliphatic rings. The molecule has 7 aromatic rings. The van der Waals surface area contributed by atoms with Crippen LogP contribution < -0.4 is 53.2 Å². The van der Waals surface area contributed by atoms with Crippen molar-refractivity contribution < 1.29 is 57.8 Å². The van der Waals surface area contributed by atoms with Gasteiger partial charge >= 0.3 is 5.97 Å². The Balaban J connectivity index is 0.787. The number of rotatable bonds is 26. The summed E-state index contributed by atoms with van der Waals surface area (Å²) in [6, 6.07) is 4.33. The first-order valence-electron chi connectivity index (χ1n) is 25.7. The third-order valence-corrected chi connectivity index (χ3v) is 12.3. The molecular weight excluding hydrogens is 1100 g/mol. The van der Waals surface area contributed by atoms with E-state index in [9.17, 15) is 52.7 Å². The SMILES string of the molecule is Cn1cc(NC(=O)c2nc(NC(=O)c3cc(NC(=O)CCNC(=O)c4nccn4C)cn3C)cn2C)cc1C(=O)NCCCC(=O)Nc1cn(C)c(C(=O)NCCC(=O)Nc2cc(C(=O)Nc3cn(C)c(C(=O)NCCC(=O)O)n3)n(C)c2)n1. The van der Waals surface area contributed by atoms with Crippen LogP contribution in [0.4, 0.5) is 34.5 Å². The number of aliphatic carboxylic acids is 1. The molecule has 7 rings (SSSR count). The molecule has 0 spiro atoms. The second kappa shape index (κ2) is 26.9. The molecule has 84 heavy (non-hydrogen) atoms. The minimum atomic E-state index is -1.08. The first kappa shape index (κ1) is 60.5. The number of carbonyl (C=O) groups is 11. The molecule has 0 fully saturated rings. The van der Waals surface area contributed by atoms with Crippen molar-refractivity contribution in [2.45, 2.75) is 32.1 Å². The average molecular weight is 1160 g/mol. The molecule has 0 atom stereocenters. The van der Waals surface area contributed by atoms with E-state index in [4.69, 9.17) is 5.11 Å². The molecule has 7 heterocycles. The minimum absolute atomic E-state index is 0.0202. The van der Waals surface area contributed by atoms with Gasteiger partial charge in [-0.1, -0.05) is 0 Å². The van der Waals surface area contributed by atoms with Crippen LogP contribution >= 0.6 is 0 Å². The van der Waals surface area contributed by atoms with Crippen molar-refractivity contribution in [1.29, 1.82) is 0 Å². The predicted molar refractivity (Wildman–Crippen MR) is 299 cm³/mol. The largest absolute Gasteiger partial charge is 0.481 e. The molecule has 0 saturated carbocycles. The van der Waals surface area contributed by atoms with Crippen LogP contribution in [0.1, 0.15) is 106 Å². The van der Waals surface area contributed by atoms with Gasteiger partial charge < -0.3 is 90.2 Å². The first-order valence-corrected chi connectivity index (χ1v) is 25.7. The van der Waals surface area contributed by atoms with Gasteiger partial charge in [0.1, 0.15) is 17.1 Å². The highest BCUT2D eigenvalue weighted by Gasteiger charge is 2.23. The summed E-state index contributed by atoms with van der Waals surface area (Å²) in [6.45, 7) is -0.0292. The van der Waals surface area contributed by atoms with Crippen LogP contribution in [0.5, 0.6) is 0 Å². The van der Waals surface area contributed by atoms with Gasteiger partial charge in [-0.2, -0.15) is 0 Å². The Labute approximate surface area is 477 Å². The van der Waals surface area contributed by atoms with Crippen LogP contribution in [0.25, 0.3) is 0 Å². The number of anilines is 6. The van der Waals surface area contributed by atoms with E-state index < -0.39 is 65.0 Å². The number of aryl methyl sites for hydroxylation is 7. The molecule has 0 aromatic carbocycles. The molecule has 0 aliphatic carbocycles. The maximum absolute atomic E-state index is 13.3. The number of carboxylic acids is 1. The lowest BCUT2D eigenvalue weighted by Gasteiger charge is -2.06. The van der Waals surface area contributed by atoms with E-state index in [1.54, 1.807) is 59.2 Å². The third-order valence-electron chi connectivity index (χ3n) is 12.3. The summed E-state index contributed by atoms with van der Waals surface area (Å²) in [5, 5.41) is 35.1. The van der Waals surface area contributed by atoms with Crippen LogP contribution in [0.15, 0.2) is 67.8 Å². The maximum atomic E-state index is 13.3. The lowest BCUT2D eigenvalue weighted by molar-refractivity contribution is -0.136. The van der Waals surface area contributed by atoms with E-state index in [-0.39, 0.29) is 127 Å². The van der Waals surface area contributed by atoms with Crippen molar-refractivity contribution >= 4 is 99.6 Å². The van der Waals surface area contributed by atoms with Gasteiger partial charge in [-0.25, -0.2) is 19.9 Å². The lowest BCUT2D eigenvalue weighted by atomic mass is 10.3. The zero-order valence-electron chi connectivity index (χ0n) is 46.6. The number of hydrogen-bond donors (Lipinski definition) is 11. The fourth-order valence-electron chi connectivity index (χ4n) is 8.21. The van der Waals surface area contributed by atoms with Crippen molar-refractivity contribution in [2.75, 3.05) is 58.1 Å². The normalized spacial score (nSPS) is 10.8. The Morgan fingerprint density at radius 3 is 1.20 bits per heavy atom. The molecule has 11 N–H and O–H groups in total. The highest BCUT2D eigenvalue weighted by atomic mass is 16.4. The van der Waals surface area contributed by atoms with E-state index in [2.05, 4.69) is 73.1 Å². The summed E-state index contributed by atoms with van der Waals surface area (Å²) in [6.07, 6.45) is 11.7. The number of amides is 10. The van der Waals surface area contributed by atoms with Crippen LogP contribution in [0.2, 0.25) is 0 Å². The number of nitrogens with one attached hydrogen (secondary N) is 10. The third kappa shape index (κ3) is 15.8. The predicted octanol–water partition coefficient (Wildman–Crippen LogP) is 0.263. The molecule has 442 valence electrons. The summed E-state index contributed by atoms with van der Waals surface area (Å²) in [7, 11) is 11.1. The van der Waals surface area contributed by atoms with Crippen molar-refractivity contribution in [3.05, 3.63) is 108 Å². The van der Waals surface area contributed by atoms with Gasteiger partial charge in [0.05, 0.1) is 23.5 Å². The molecule has 0 unspecified atom stereocenters. The topological polar surface area (TPSA) is 414 Å². The maximum Gasteiger partial charge on any atom is 0.305 e. The smallest absolute Gasteiger partial charge is 0.305 e. The fourth-order valence-corrected chi connectivity index (χ4v) is 8.21. The Morgan fingerprint density at radius 1 is 0.381 bits per heavy atom. The average Bonchev–Trinajstić information content (AvgIpc) is 4.48. The van der Waals surface area contributed by atoms with Crippen molar-refractivity contribution in [2.24, 2.45) is 49.3 Å². The van der Waals surface area contributed by atoms with E-state index in [1.807, 2.05) is 0 Å². The molecule has 10 amide bonds. The summed E-state index contributed by atoms with van der Waals surface area (Å²) in [5.41, 5.74) is 1.42.